The summed E-state index contributed by atoms with van der Waals surface area (Å²) in [4.78, 5) is 39.5. The van der Waals surface area contributed by atoms with Crippen molar-refractivity contribution >= 4 is 23.4 Å². The number of hydrogen-bond donors (Lipinski definition) is 4. The van der Waals surface area contributed by atoms with Crippen LogP contribution in [-0.2, 0) is 10.2 Å². The maximum atomic E-state index is 13.4. The van der Waals surface area contributed by atoms with Crippen LogP contribution in [0.3, 0.4) is 0 Å². The van der Waals surface area contributed by atoms with Gasteiger partial charge in [0, 0.05) is 37.7 Å². The van der Waals surface area contributed by atoms with Crippen LogP contribution in [0.25, 0.3) is 5.65 Å². The van der Waals surface area contributed by atoms with Crippen molar-refractivity contribution in [2.75, 3.05) is 65.4 Å². The van der Waals surface area contributed by atoms with Crippen LogP contribution in [0.2, 0.25) is 0 Å². The molecule has 1 unspecified atom stereocenters. The van der Waals surface area contributed by atoms with Gasteiger partial charge in [0.25, 0.3) is 5.91 Å². The van der Waals surface area contributed by atoms with Crippen molar-refractivity contribution in [3.63, 3.8) is 0 Å². The summed E-state index contributed by atoms with van der Waals surface area (Å²) in [7, 11) is 3.93. The number of hydrogen-bond acceptors (Lipinski definition) is 11. The predicted octanol–water partition coefficient (Wildman–Crippen LogP) is 3.25. The summed E-state index contributed by atoms with van der Waals surface area (Å²) >= 11 is 0. The van der Waals surface area contributed by atoms with Gasteiger partial charge in [0.2, 0.25) is 5.82 Å². The first-order chi connectivity index (χ1) is 24.5. The summed E-state index contributed by atoms with van der Waals surface area (Å²) in [5, 5.41) is 26.7. The first-order valence-electron chi connectivity index (χ1n) is 17.4. The largest absolute Gasteiger partial charge is 0.484 e. The number of ether oxygens (including phenoxy) is 2. The Balaban J connectivity index is 1.14. The normalized spacial score (nSPS) is 19.5. The molecule has 3 amide bonds. The first-order valence-corrected chi connectivity index (χ1v) is 17.4. The summed E-state index contributed by atoms with van der Waals surface area (Å²) in [6.45, 7) is 9.47. The third kappa shape index (κ3) is 8.61. The molecule has 4 heterocycles. The summed E-state index contributed by atoms with van der Waals surface area (Å²) in [6.07, 6.45) is 3.04. The number of anilines is 1. The fourth-order valence-corrected chi connectivity index (χ4v) is 6.36. The van der Waals surface area contributed by atoms with Crippen LogP contribution in [0.4, 0.5) is 10.6 Å². The van der Waals surface area contributed by atoms with Gasteiger partial charge in [-0.2, -0.15) is 0 Å². The van der Waals surface area contributed by atoms with Gasteiger partial charge in [0.1, 0.15) is 17.7 Å². The van der Waals surface area contributed by atoms with Crippen LogP contribution in [0, 0.1) is 0 Å². The monoisotopic (exact) mass is 700 g/mol. The number of rotatable bonds is 11. The van der Waals surface area contributed by atoms with Crippen molar-refractivity contribution < 1.29 is 24.2 Å². The van der Waals surface area contributed by atoms with E-state index in [-0.39, 0.29) is 36.4 Å². The molecule has 2 aliphatic rings. The molecule has 0 bridgehead atoms. The number of amides is 3. The number of aromatic nitrogens is 5. The van der Waals surface area contributed by atoms with Gasteiger partial charge in [-0.25, -0.2) is 14.8 Å². The third-order valence-corrected chi connectivity index (χ3v) is 9.32. The standard InChI is InChI=1S/C36H48N10O5/c1-36(2,3)29-20-30(40-32(39-29)34(48)37-14-15-44(4)16-18-47)41-35(49)38-26-11-12-28(25-9-7-6-8-24(25)26)51-23-10-13-31-42-43-33(46(31)21-23)27-22-50-19-17-45(27)5/h6-10,13,20-21,26-28,47H,11-12,14-19,22H2,1-5H3,(H,37,48)(H2,38,39,40,41,49)/t26-,27?,28+/m0/s1. The Kier molecular flexibility index (Phi) is 11.1. The number of benzene rings is 1. The van der Waals surface area contributed by atoms with E-state index in [4.69, 9.17) is 14.6 Å². The van der Waals surface area contributed by atoms with Gasteiger partial charge >= 0.3 is 6.03 Å². The number of carbonyl (C=O) groups excluding carboxylic acids is 2. The van der Waals surface area contributed by atoms with E-state index >= 15 is 0 Å². The number of pyridine rings is 1. The number of carbonyl (C=O) groups is 2. The molecule has 1 aliphatic carbocycles. The maximum Gasteiger partial charge on any atom is 0.320 e. The molecule has 4 N–H and O–H groups in total. The highest BCUT2D eigenvalue weighted by molar-refractivity contribution is 5.92. The van der Waals surface area contributed by atoms with Crippen molar-refractivity contribution in [3.8, 4) is 5.75 Å². The fourth-order valence-electron chi connectivity index (χ4n) is 6.36. The molecule has 6 rings (SSSR count). The van der Waals surface area contributed by atoms with Gasteiger partial charge in [-0.15, -0.1) is 10.2 Å². The lowest BCUT2D eigenvalue weighted by atomic mass is 9.85. The Labute approximate surface area is 297 Å². The minimum atomic E-state index is -0.441. The topological polar surface area (TPSA) is 171 Å². The average molecular weight is 701 g/mol. The lowest BCUT2D eigenvalue weighted by Crippen LogP contribution is -2.37. The second kappa shape index (κ2) is 15.7. The number of fused-ring (bicyclic) bond motifs is 2. The van der Waals surface area contributed by atoms with E-state index < -0.39 is 17.4 Å². The maximum absolute atomic E-state index is 13.4. The van der Waals surface area contributed by atoms with E-state index in [1.807, 2.05) is 79.7 Å². The van der Waals surface area contributed by atoms with Crippen LogP contribution in [0.5, 0.6) is 5.75 Å². The smallest absolute Gasteiger partial charge is 0.320 e. The van der Waals surface area contributed by atoms with Crippen LogP contribution >= 0.6 is 0 Å². The predicted molar refractivity (Wildman–Crippen MR) is 191 cm³/mol. The average Bonchev–Trinajstić information content (AvgIpc) is 3.52. The molecule has 0 radical (unpaired) electrons. The second-order valence-electron chi connectivity index (χ2n) is 14.2. The SMILES string of the molecule is CN(CCO)CCNC(=O)c1nc(NC(=O)N[C@H]2CC[C@@H](Oc3ccc4nnc(C5COCCN5C)n4c3)c3ccccc32)cc(C(C)(C)C)n1. The quantitative estimate of drug-likeness (QED) is 0.181. The summed E-state index contributed by atoms with van der Waals surface area (Å²) in [6, 6.07) is 12.8. The Bertz CT molecular complexity index is 1840. The van der Waals surface area contributed by atoms with Gasteiger partial charge in [0.05, 0.1) is 43.8 Å². The molecule has 3 atom stereocenters. The van der Waals surface area contributed by atoms with Crippen molar-refractivity contribution in [1.82, 2.24) is 45.0 Å². The zero-order chi connectivity index (χ0) is 36.1. The zero-order valence-corrected chi connectivity index (χ0v) is 29.9. The number of nitrogens with zero attached hydrogens (tertiary/aromatic N) is 7. The zero-order valence-electron chi connectivity index (χ0n) is 29.9. The van der Waals surface area contributed by atoms with Crippen LogP contribution in [0.1, 0.15) is 85.1 Å². The van der Waals surface area contributed by atoms with Crippen molar-refractivity contribution in [2.24, 2.45) is 0 Å². The molecule has 1 aliphatic heterocycles. The van der Waals surface area contributed by atoms with E-state index in [1.54, 1.807) is 6.07 Å². The molecular formula is C36H48N10O5. The van der Waals surface area contributed by atoms with E-state index in [0.29, 0.717) is 57.1 Å². The molecule has 3 aromatic heterocycles. The molecule has 15 heteroatoms. The van der Waals surface area contributed by atoms with Gasteiger partial charge in [-0.05, 0) is 50.2 Å². The van der Waals surface area contributed by atoms with Gasteiger partial charge in [0.15, 0.2) is 11.5 Å². The highest BCUT2D eigenvalue weighted by Crippen LogP contribution is 2.39. The van der Waals surface area contributed by atoms with Gasteiger partial charge in [-0.1, -0.05) is 45.0 Å². The number of aliphatic hydroxyl groups is 1. The van der Waals surface area contributed by atoms with Crippen molar-refractivity contribution in [3.05, 3.63) is 77.1 Å². The molecule has 272 valence electrons. The fraction of sp³-hybridized carbons (Fsp3) is 0.500. The Hall–Kier alpha value is -4.70. The lowest BCUT2D eigenvalue weighted by Gasteiger charge is -2.32. The van der Waals surface area contributed by atoms with Crippen molar-refractivity contribution in [1.29, 1.82) is 0 Å². The molecule has 51 heavy (non-hydrogen) atoms. The number of urea groups is 1. The second-order valence-corrected chi connectivity index (χ2v) is 14.2. The molecule has 1 fully saturated rings. The molecule has 0 saturated carbocycles. The summed E-state index contributed by atoms with van der Waals surface area (Å²) < 4.78 is 14.3. The Morgan fingerprint density at radius 3 is 2.65 bits per heavy atom. The van der Waals surface area contributed by atoms with E-state index in [9.17, 15) is 9.59 Å². The minimum absolute atomic E-state index is 0.00126. The number of morpholine rings is 1. The lowest BCUT2D eigenvalue weighted by molar-refractivity contribution is 0.00144. The van der Waals surface area contributed by atoms with E-state index in [1.165, 1.54) is 0 Å². The van der Waals surface area contributed by atoms with Gasteiger partial charge < -0.3 is 30.1 Å². The molecule has 15 nitrogen and oxygen atoms in total. The molecular weight excluding hydrogens is 652 g/mol. The molecule has 1 aromatic carbocycles. The Morgan fingerprint density at radius 1 is 1.08 bits per heavy atom. The van der Waals surface area contributed by atoms with E-state index in [2.05, 4.69) is 48.1 Å². The van der Waals surface area contributed by atoms with Crippen LogP contribution in [-0.4, -0.2) is 112 Å². The molecule has 1 saturated heterocycles. The highest BCUT2D eigenvalue weighted by atomic mass is 16.5. The Morgan fingerprint density at radius 2 is 1.88 bits per heavy atom. The van der Waals surface area contributed by atoms with E-state index in [0.717, 1.165) is 29.1 Å². The van der Waals surface area contributed by atoms with Crippen LogP contribution < -0.4 is 20.7 Å². The number of nitrogens with one attached hydrogen (secondary N) is 3. The minimum Gasteiger partial charge on any atom is -0.484 e. The van der Waals surface area contributed by atoms with Crippen LogP contribution in [0.15, 0.2) is 48.7 Å². The summed E-state index contributed by atoms with van der Waals surface area (Å²) in [5.41, 5.74) is 2.93. The number of likely N-dealkylation sites (N-methyl/N-ethyl adjacent to an activating group) is 2. The van der Waals surface area contributed by atoms with Crippen molar-refractivity contribution in [2.45, 2.75) is 57.2 Å². The highest BCUT2D eigenvalue weighted by Gasteiger charge is 2.31. The third-order valence-electron chi connectivity index (χ3n) is 9.32. The summed E-state index contributed by atoms with van der Waals surface area (Å²) in [5.74, 6) is 1.27. The first kappa shape index (κ1) is 36.1. The van der Waals surface area contributed by atoms with Gasteiger partial charge in [-0.3, -0.25) is 19.4 Å². The number of aliphatic hydroxyl groups excluding tert-OH is 1. The molecule has 4 aromatic rings. The molecule has 0 spiro atoms.